The molecular formula is C21H24N4O2. The second-order valence-electron chi connectivity index (χ2n) is 7.19. The van der Waals surface area contributed by atoms with Gasteiger partial charge in [-0.25, -0.2) is 0 Å². The largest absolute Gasteiger partial charge is 0.369 e. The highest BCUT2D eigenvalue weighted by Gasteiger charge is 2.15. The van der Waals surface area contributed by atoms with E-state index in [4.69, 9.17) is 4.52 Å². The minimum Gasteiger partial charge on any atom is -0.369 e. The molecule has 1 aromatic heterocycles. The van der Waals surface area contributed by atoms with Crippen LogP contribution in [0.4, 0.5) is 11.4 Å². The maximum Gasteiger partial charge on any atom is 0.230 e. The summed E-state index contributed by atoms with van der Waals surface area (Å²) in [5.74, 6) is -0.0981. The summed E-state index contributed by atoms with van der Waals surface area (Å²) in [6.45, 7) is 6.22. The van der Waals surface area contributed by atoms with Crippen LogP contribution in [0.25, 0.3) is 11.0 Å². The van der Waals surface area contributed by atoms with E-state index in [9.17, 15) is 4.79 Å². The Balaban J connectivity index is 1.40. The number of hydrogen-bond donors (Lipinski definition) is 1. The van der Waals surface area contributed by atoms with Crippen molar-refractivity contribution in [1.82, 2.24) is 10.1 Å². The highest BCUT2D eigenvalue weighted by Crippen LogP contribution is 2.22. The summed E-state index contributed by atoms with van der Waals surface area (Å²) in [7, 11) is 2.15. The lowest BCUT2D eigenvalue weighted by Crippen LogP contribution is -2.44. The van der Waals surface area contributed by atoms with E-state index in [0.717, 1.165) is 42.8 Å². The highest BCUT2D eigenvalue weighted by atomic mass is 16.5. The Morgan fingerprint density at radius 2 is 1.85 bits per heavy atom. The first-order valence-corrected chi connectivity index (χ1v) is 9.27. The number of anilines is 2. The topological polar surface area (TPSA) is 61.6 Å². The minimum absolute atomic E-state index is 0.0981. The van der Waals surface area contributed by atoms with Crippen LogP contribution in [0, 0.1) is 6.92 Å². The number of rotatable bonds is 4. The summed E-state index contributed by atoms with van der Waals surface area (Å²) in [5.41, 5.74) is 4.48. The molecule has 6 heteroatoms. The van der Waals surface area contributed by atoms with Gasteiger partial charge >= 0.3 is 0 Å². The molecule has 0 atom stereocenters. The summed E-state index contributed by atoms with van der Waals surface area (Å²) in [6, 6.07) is 13.9. The number of amides is 1. The van der Waals surface area contributed by atoms with Crippen molar-refractivity contribution in [2.24, 2.45) is 0 Å². The Hall–Kier alpha value is -2.86. The molecule has 140 valence electrons. The first-order chi connectivity index (χ1) is 13.1. The standard InChI is InChI=1S/C21H24N4O2/c1-15-3-8-20-18(13-15)19(23-27-20)14-21(26)22-16-4-6-17(7-5-16)25-11-9-24(2)10-12-25/h3-8,13H,9-12,14H2,1-2H3,(H,22,26). The Bertz CT molecular complexity index is 940. The summed E-state index contributed by atoms with van der Waals surface area (Å²) < 4.78 is 5.31. The van der Waals surface area contributed by atoms with Crippen molar-refractivity contribution in [3.05, 3.63) is 53.7 Å². The van der Waals surface area contributed by atoms with Gasteiger partial charge in [0, 0.05) is 42.9 Å². The van der Waals surface area contributed by atoms with E-state index < -0.39 is 0 Å². The smallest absolute Gasteiger partial charge is 0.230 e. The molecule has 6 nitrogen and oxygen atoms in total. The number of hydrogen-bond acceptors (Lipinski definition) is 5. The lowest BCUT2D eigenvalue weighted by Gasteiger charge is -2.34. The third-order valence-electron chi connectivity index (χ3n) is 5.05. The number of nitrogens with zero attached hydrogens (tertiary/aromatic N) is 3. The molecule has 0 aliphatic carbocycles. The van der Waals surface area contributed by atoms with Gasteiger partial charge in [-0.2, -0.15) is 0 Å². The predicted octanol–water partition coefficient (Wildman–Crippen LogP) is 3.07. The number of fused-ring (bicyclic) bond motifs is 1. The molecule has 1 N–H and O–H groups in total. The number of nitrogens with one attached hydrogen (secondary N) is 1. The number of benzene rings is 2. The first kappa shape index (κ1) is 17.5. The van der Waals surface area contributed by atoms with Crippen LogP contribution >= 0.6 is 0 Å². The lowest BCUT2D eigenvalue weighted by molar-refractivity contribution is -0.115. The zero-order valence-electron chi connectivity index (χ0n) is 15.7. The molecule has 2 heterocycles. The van der Waals surface area contributed by atoms with Gasteiger partial charge in [-0.3, -0.25) is 4.79 Å². The SMILES string of the molecule is Cc1ccc2onc(CC(=O)Nc3ccc(N4CCN(C)CC4)cc3)c2c1. The van der Waals surface area contributed by atoms with Gasteiger partial charge < -0.3 is 19.6 Å². The molecule has 2 aromatic carbocycles. The van der Waals surface area contributed by atoms with Crippen molar-refractivity contribution in [2.45, 2.75) is 13.3 Å². The Morgan fingerprint density at radius 3 is 2.59 bits per heavy atom. The molecule has 3 aromatic rings. The van der Waals surface area contributed by atoms with E-state index in [1.807, 2.05) is 37.3 Å². The van der Waals surface area contributed by atoms with E-state index in [-0.39, 0.29) is 12.3 Å². The van der Waals surface area contributed by atoms with Crippen molar-refractivity contribution in [3.63, 3.8) is 0 Å². The molecule has 0 radical (unpaired) electrons. The fourth-order valence-corrected chi connectivity index (χ4v) is 3.41. The third kappa shape index (κ3) is 3.95. The molecule has 27 heavy (non-hydrogen) atoms. The van der Waals surface area contributed by atoms with Crippen LogP contribution in [-0.4, -0.2) is 49.2 Å². The van der Waals surface area contributed by atoms with Crippen molar-refractivity contribution < 1.29 is 9.32 Å². The Labute approximate surface area is 158 Å². The second-order valence-corrected chi connectivity index (χ2v) is 7.19. The van der Waals surface area contributed by atoms with Crippen LogP contribution < -0.4 is 10.2 Å². The van der Waals surface area contributed by atoms with Crippen molar-refractivity contribution >= 4 is 28.3 Å². The van der Waals surface area contributed by atoms with Gasteiger partial charge in [-0.15, -0.1) is 0 Å². The average Bonchev–Trinajstić information content (AvgIpc) is 3.05. The van der Waals surface area contributed by atoms with Gasteiger partial charge in [-0.1, -0.05) is 16.8 Å². The lowest BCUT2D eigenvalue weighted by atomic mass is 10.1. The molecule has 1 aliphatic heterocycles. The van der Waals surface area contributed by atoms with Crippen LogP contribution in [0.5, 0.6) is 0 Å². The van der Waals surface area contributed by atoms with Gasteiger partial charge in [0.2, 0.25) is 5.91 Å². The summed E-state index contributed by atoms with van der Waals surface area (Å²) in [5, 5.41) is 7.90. The zero-order valence-corrected chi connectivity index (χ0v) is 15.7. The molecule has 0 unspecified atom stereocenters. The number of aromatic nitrogens is 1. The fraction of sp³-hybridized carbons (Fsp3) is 0.333. The monoisotopic (exact) mass is 364 g/mol. The Kier molecular flexibility index (Phi) is 4.81. The maximum absolute atomic E-state index is 12.4. The van der Waals surface area contributed by atoms with E-state index in [1.165, 1.54) is 5.69 Å². The number of carbonyl (C=O) groups is 1. The zero-order chi connectivity index (χ0) is 18.8. The maximum atomic E-state index is 12.4. The molecule has 1 amide bonds. The second kappa shape index (κ2) is 7.40. The van der Waals surface area contributed by atoms with E-state index in [1.54, 1.807) is 0 Å². The molecule has 0 saturated carbocycles. The van der Waals surface area contributed by atoms with Crippen molar-refractivity contribution in [2.75, 3.05) is 43.4 Å². The number of aryl methyl sites for hydroxylation is 1. The third-order valence-corrected chi connectivity index (χ3v) is 5.05. The van der Waals surface area contributed by atoms with Crippen molar-refractivity contribution in [1.29, 1.82) is 0 Å². The van der Waals surface area contributed by atoms with Gasteiger partial charge in [-0.05, 0) is 50.4 Å². The fourth-order valence-electron chi connectivity index (χ4n) is 3.41. The van der Waals surface area contributed by atoms with E-state index >= 15 is 0 Å². The van der Waals surface area contributed by atoms with Crippen molar-refractivity contribution in [3.8, 4) is 0 Å². The predicted molar refractivity (Wildman–Crippen MR) is 107 cm³/mol. The van der Waals surface area contributed by atoms with Gasteiger partial charge in [0.1, 0.15) is 5.69 Å². The van der Waals surface area contributed by atoms with Crippen LogP contribution in [-0.2, 0) is 11.2 Å². The molecule has 0 spiro atoms. The van der Waals surface area contributed by atoms with Crippen LogP contribution in [0.3, 0.4) is 0 Å². The normalized spacial score (nSPS) is 15.3. The van der Waals surface area contributed by atoms with Gasteiger partial charge in [0.25, 0.3) is 0 Å². The molecule has 1 aliphatic rings. The molecule has 4 rings (SSSR count). The number of carbonyl (C=O) groups excluding carboxylic acids is 1. The van der Waals surface area contributed by atoms with Crippen LogP contribution in [0.15, 0.2) is 47.0 Å². The van der Waals surface area contributed by atoms with E-state index in [0.29, 0.717) is 11.3 Å². The van der Waals surface area contributed by atoms with Crippen LogP contribution in [0.2, 0.25) is 0 Å². The van der Waals surface area contributed by atoms with E-state index in [2.05, 4.69) is 39.5 Å². The quantitative estimate of drug-likeness (QED) is 0.771. The minimum atomic E-state index is -0.0981. The molecule has 1 fully saturated rings. The molecule has 1 saturated heterocycles. The average molecular weight is 364 g/mol. The Morgan fingerprint density at radius 1 is 1.11 bits per heavy atom. The summed E-state index contributed by atoms with van der Waals surface area (Å²) in [4.78, 5) is 17.1. The van der Waals surface area contributed by atoms with Crippen LogP contribution in [0.1, 0.15) is 11.3 Å². The number of piperazine rings is 1. The number of likely N-dealkylation sites (N-methyl/N-ethyl adjacent to an activating group) is 1. The van der Waals surface area contributed by atoms with Gasteiger partial charge in [0.05, 0.1) is 6.42 Å². The summed E-state index contributed by atoms with van der Waals surface area (Å²) >= 11 is 0. The molecule has 0 bridgehead atoms. The van der Waals surface area contributed by atoms with Gasteiger partial charge in [0.15, 0.2) is 5.58 Å². The highest BCUT2D eigenvalue weighted by molar-refractivity contribution is 5.94. The summed E-state index contributed by atoms with van der Waals surface area (Å²) in [6.07, 6.45) is 0.191. The first-order valence-electron chi connectivity index (χ1n) is 9.27. The molecular weight excluding hydrogens is 340 g/mol.